The Morgan fingerprint density at radius 2 is 1.92 bits per heavy atom. The fourth-order valence-electron chi connectivity index (χ4n) is 2.38. The summed E-state index contributed by atoms with van der Waals surface area (Å²) in [7, 11) is 0. The van der Waals surface area contributed by atoms with E-state index in [0.717, 1.165) is 4.90 Å². The molecule has 0 fully saturated rings. The zero-order chi connectivity index (χ0) is 17.3. The average molecular weight is 392 g/mol. The maximum Gasteiger partial charge on any atom is 0.326 e. The van der Waals surface area contributed by atoms with Gasteiger partial charge in [0, 0.05) is 10.0 Å². The molecule has 1 aliphatic heterocycles. The van der Waals surface area contributed by atoms with Crippen molar-refractivity contribution in [3.63, 3.8) is 0 Å². The first-order valence-corrected chi connectivity index (χ1v) is 7.81. The van der Waals surface area contributed by atoms with Gasteiger partial charge < -0.3 is 4.74 Å². The molecule has 0 saturated heterocycles. The maximum atomic E-state index is 13.7. The van der Waals surface area contributed by atoms with Crippen LogP contribution in [0, 0.1) is 5.82 Å². The summed E-state index contributed by atoms with van der Waals surface area (Å²) in [5.41, 5.74) is 0.851. The molecule has 0 aromatic heterocycles. The van der Waals surface area contributed by atoms with Gasteiger partial charge in [-0.05, 0) is 24.3 Å². The SMILES string of the molecule is O=C(CN1C(=O)C(=O)c2ccccc21)OCc1ccc(Br)cc1F. The van der Waals surface area contributed by atoms with E-state index in [1.54, 1.807) is 24.3 Å². The number of ketones is 1. The first kappa shape index (κ1) is 16.3. The third kappa shape index (κ3) is 3.07. The summed E-state index contributed by atoms with van der Waals surface area (Å²) in [6.07, 6.45) is 0. The third-order valence-corrected chi connectivity index (χ3v) is 4.06. The van der Waals surface area contributed by atoms with Gasteiger partial charge >= 0.3 is 5.97 Å². The van der Waals surface area contributed by atoms with Crippen molar-refractivity contribution in [2.75, 3.05) is 11.4 Å². The Bertz CT molecular complexity index is 852. The Kier molecular flexibility index (Phi) is 4.44. The van der Waals surface area contributed by atoms with Crippen LogP contribution in [0.4, 0.5) is 10.1 Å². The van der Waals surface area contributed by atoms with E-state index in [-0.39, 0.29) is 17.7 Å². The van der Waals surface area contributed by atoms with Gasteiger partial charge in [-0.2, -0.15) is 0 Å². The topological polar surface area (TPSA) is 63.7 Å². The zero-order valence-corrected chi connectivity index (χ0v) is 13.9. The molecule has 2 aromatic carbocycles. The van der Waals surface area contributed by atoms with Gasteiger partial charge in [0.25, 0.3) is 11.7 Å². The number of rotatable bonds is 4. The van der Waals surface area contributed by atoms with Gasteiger partial charge in [-0.15, -0.1) is 0 Å². The highest BCUT2D eigenvalue weighted by Crippen LogP contribution is 2.28. The minimum Gasteiger partial charge on any atom is -0.459 e. The van der Waals surface area contributed by atoms with Crippen LogP contribution in [0.2, 0.25) is 0 Å². The standard InChI is InChI=1S/C17H11BrFNO4/c18-11-6-5-10(13(19)7-11)9-24-15(21)8-20-14-4-2-1-3-12(14)16(22)17(20)23/h1-7H,8-9H2. The van der Waals surface area contributed by atoms with Gasteiger partial charge in [-0.3, -0.25) is 19.3 Å². The lowest BCUT2D eigenvalue weighted by atomic mass is 10.1. The number of fused-ring (bicyclic) bond motifs is 1. The van der Waals surface area contributed by atoms with E-state index in [1.807, 2.05) is 0 Å². The van der Waals surface area contributed by atoms with Gasteiger partial charge in [0.1, 0.15) is 19.0 Å². The van der Waals surface area contributed by atoms with Crippen LogP contribution in [0.1, 0.15) is 15.9 Å². The second-order valence-corrected chi connectivity index (χ2v) is 6.05. The molecular formula is C17H11BrFNO4. The van der Waals surface area contributed by atoms with E-state index >= 15 is 0 Å². The number of carbonyl (C=O) groups excluding carboxylic acids is 3. The van der Waals surface area contributed by atoms with Gasteiger partial charge in [-0.1, -0.05) is 34.1 Å². The number of amides is 1. The largest absolute Gasteiger partial charge is 0.459 e. The Morgan fingerprint density at radius 3 is 2.67 bits per heavy atom. The van der Waals surface area contributed by atoms with Crippen molar-refractivity contribution >= 4 is 39.3 Å². The van der Waals surface area contributed by atoms with E-state index in [0.29, 0.717) is 10.2 Å². The second kappa shape index (κ2) is 6.52. The number of esters is 1. The van der Waals surface area contributed by atoms with Gasteiger partial charge in [0.05, 0.1) is 11.3 Å². The van der Waals surface area contributed by atoms with Crippen LogP contribution in [-0.4, -0.2) is 24.2 Å². The lowest BCUT2D eigenvalue weighted by molar-refractivity contribution is -0.143. The van der Waals surface area contributed by atoms with Crippen LogP contribution in [-0.2, 0) is 20.9 Å². The van der Waals surface area contributed by atoms with Gasteiger partial charge in [0.15, 0.2) is 0 Å². The normalized spacial score (nSPS) is 13.2. The first-order chi connectivity index (χ1) is 11.5. The fourth-order valence-corrected chi connectivity index (χ4v) is 2.71. The van der Waals surface area contributed by atoms with E-state index in [4.69, 9.17) is 4.74 Å². The molecule has 0 radical (unpaired) electrons. The Labute approximate surface area is 145 Å². The van der Waals surface area contributed by atoms with E-state index in [9.17, 15) is 18.8 Å². The monoisotopic (exact) mass is 391 g/mol. The lowest BCUT2D eigenvalue weighted by Gasteiger charge is -2.15. The number of para-hydroxylation sites is 1. The maximum absolute atomic E-state index is 13.7. The van der Waals surface area contributed by atoms with Crippen molar-refractivity contribution in [3.05, 3.63) is 63.9 Å². The predicted molar refractivity (Wildman–Crippen MR) is 87.0 cm³/mol. The number of ether oxygens (including phenoxy) is 1. The van der Waals surface area contributed by atoms with Gasteiger partial charge in [-0.25, -0.2) is 4.39 Å². The van der Waals surface area contributed by atoms with Crippen molar-refractivity contribution in [1.82, 2.24) is 0 Å². The summed E-state index contributed by atoms with van der Waals surface area (Å²) in [5, 5.41) is 0. The molecule has 1 amide bonds. The van der Waals surface area contributed by atoms with Crippen LogP contribution < -0.4 is 4.90 Å². The number of halogens is 2. The molecule has 122 valence electrons. The summed E-state index contributed by atoms with van der Waals surface area (Å²) >= 11 is 3.14. The molecule has 0 N–H and O–H groups in total. The molecular weight excluding hydrogens is 381 g/mol. The number of nitrogens with zero attached hydrogens (tertiary/aromatic N) is 1. The van der Waals surface area contributed by atoms with E-state index < -0.39 is 30.0 Å². The molecule has 0 aliphatic carbocycles. The van der Waals surface area contributed by atoms with Crippen LogP contribution in [0.5, 0.6) is 0 Å². The predicted octanol–water partition coefficient (Wildman–Crippen LogP) is 2.86. The lowest BCUT2D eigenvalue weighted by Crippen LogP contribution is -2.35. The third-order valence-electron chi connectivity index (χ3n) is 3.57. The summed E-state index contributed by atoms with van der Waals surface area (Å²) < 4.78 is 19.3. The first-order valence-electron chi connectivity index (χ1n) is 7.02. The number of carbonyl (C=O) groups is 3. The molecule has 0 unspecified atom stereocenters. The Hall–Kier alpha value is -2.54. The fraction of sp³-hybridized carbons (Fsp3) is 0.118. The average Bonchev–Trinajstić information content (AvgIpc) is 2.79. The highest BCUT2D eigenvalue weighted by atomic mass is 79.9. The molecule has 2 aromatic rings. The molecule has 3 rings (SSSR count). The van der Waals surface area contributed by atoms with Crippen LogP contribution in [0.25, 0.3) is 0 Å². The molecule has 5 nitrogen and oxygen atoms in total. The minimum absolute atomic E-state index is 0.218. The molecule has 0 atom stereocenters. The van der Waals surface area contributed by atoms with Gasteiger partial charge in [0.2, 0.25) is 0 Å². The Morgan fingerprint density at radius 1 is 1.17 bits per heavy atom. The molecule has 7 heteroatoms. The molecule has 1 aliphatic rings. The minimum atomic E-state index is -0.775. The van der Waals surface area contributed by atoms with Crippen molar-refractivity contribution in [2.24, 2.45) is 0 Å². The Balaban J connectivity index is 1.67. The van der Waals surface area contributed by atoms with Crippen LogP contribution >= 0.6 is 15.9 Å². The number of anilines is 1. The van der Waals surface area contributed by atoms with Crippen molar-refractivity contribution < 1.29 is 23.5 Å². The second-order valence-electron chi connectivity index (χ2n) is 5.13. The number of benzene rings is 2. The van der Waals surface area contributed by atoms with Crippen molar-refractivity contribution in [1.29, 1.82) is 0 Å². The molecule has 0 saturated carbocycles. The zero-order valence-electron chi connectivity index (χ0n) is 12.3. The van der Waals surface area contributed by atoms with E-state index in [1.165, 1.54) is 18.2 Å². The van der Waals surface area contributed by atoms with Crippen molar-refractivity contribution in [3.8, 4) is 0 Å². The highest BCUT2D eigenvalue weighted by Gasteiger charge is 2.36. The summed E-state index contributed by atoms with van der Waals surface area (Å²) in [5.74, 6) is -2.66. The number of hydrogen-bond donors (Lipinski definition) is 0. The molecule has 0 spiro atoms. The number of Topliss-reactive ketones (excluding diaryl/α,β-unsaturated/α-hetero) is 1. The number of hydrogen-bond acceptors (Lipinski definition) is 4. The smallest absolute Gasteiger partial charge is 0.326 e. The van der Waals surface area contributed by atoms with E-state index in [2.05, 4.69) is 15.9 Å². The van der Waals surface area contributed by atoms with Crippen molar-refractivity contribution in [2.45, 2.75) is 6.61 Å². The quantitative estimate of drug-likeness (QED) is 0.593. The highest BCUT2D eigenvalue weighted by molar-refractivity contribution is 9.10. The molecule has 24 heavy (non-hydrogen) atoms. The van der Waals surface area contributed by atoms with Crippen LogP contribution in [0.3, 0.4) is 0 Å². The summed E-state index contributed by atoms with van der Waals surface area (Å²) in [6.45, 7) is -0.657. The molecule has 0 bridgehead atoms. The molecule has 1 heterocycles. The summed E-state index contributed by atoms with van der Waals surface area (Å²) in [6, 6.07) is 10.8. The summed E-state index contributed by atoms with van der Waals surface area (Å²) in [4.78, 5) is 36.8. The van der Waals surface area contributed by atoms with Crippen LogP contribution in [0.15, 0.2) is 46.9 Å².